The van der Waals surface area contributed by atoms with Gasteiger partial charge in [-0.2, -0.15) is 14.9 Å². The van der Waals surface area contributed by atoms with E-state index >= 15 is 0 Å². The Hall–Kier alpha value is -3.20. The number of aromatic nitrogens is 3. The van der Waals surface area contributed by atoms with Gasteiger partial charge in [-0.05, 0) is 30.4 Å². The van der Waals surface area contributed by atoms with E-state index in [1.165, 1.54) is 38.3 Å². The Bertz CT molecular complexity index is 1020. The zero-order valence-corrected chi connectivity index (χ0v) is 15.7. The van der Waals surface area contributed by atoms with Gasteiger partial charge in [0.15, 0.2) is 17.3 Å². The first-order valence-corrected chi connectivity index (χ1v) is 8.26. The van der Waals surface area contributed by atoms with Crippen molar-refractivity contribution in [3.8, 4) is 28.6 Å². The van der Waals surface area contributed by atoms with Crippen molar-refractivity contribution in [2.45, 2.75) is 0 Å². The van der Waals surface area contributed by atoms with Gasteiger partial charge < -0.3 is 14.2 Å². The summed E-state index contributed by atoms with van der Waals surface area (Å²) >= 11 is 5.24. The van der Waals surface area contributed by atoms with E-state index in [1.54, 1.807) is 30.3 Å². The number of H-pyrrole nitrogens is 1. The van der Waals surface area contributed by atoms with Crippen LogP contribution >= 0.6 is 12.2 Å². The van der Waals surface area contributed by atoms with Crippen molar-refractivity contribution in [1.29, 1.82) is 0 Å². The maximum atomic E-state index is 13.8. The number of nitrogens with one attached hydrogen (secondary N) is 1. The van der Waals surface area contributed by atoms with Gasteiger partial charge in [0, 0.05) is 11.1 Å². The van der Waals surface area contributed by atoms with Crippen LogP contribution < -0.4 is 14.2 Å². The molecule has 0 saturated heterocycles. The summed E-state index contributed by atoms with van der Waals surface area (Å²) in [4.78, 5) is 0. The molecule has 0 amide bonds. The fourth-order valence-electron chi connectivity index (χ4n) is 2.50. The fourth-order valence-corrected chi connectivity index (χ4v) is 2.67. The first kappa shape index (κ1) is 18.6. The molecular formula is C18H17FN4O3S. The van der Waals surface area contributed by atoms with Gasteiger partial charge in [-0.25, -0.2) is 9.49 Å². The Morgan fingerprint density at radius 2 is 1.78 bits per heavy atom. The minimum absolute atomic E-state index is 0.256. The molecular weight excluding hydrogens is 371 g/mol. The molecule has 7 nitrogen and oxygen atoms in total. The molecule has 1 heterocycles. The molecule has 0 saturated carbocycles. The molecule has 27 heavy (non-hydrogen) atoms. The molecule has 3 aromatic rings. The van der Waals surface area contributed by atoms with Crippen LogP contribution in [-0.2, 0) is 0 Å². The van der Waals surface area contributed by atoms with Crippen LogP contribution in [0.25, 0.3) is 11.4 Å². The minimum atomic E-state index is -0.384. The third-order valence-corrected chi connectivity index (χ3v) is 4.06. The van der Waals surface area contributed by atoms with Gasteiger partial charge >= 0.3 is 0 Å². The molecule has 1 N–H and O–H groups in total. The van der Waals surface area contributed by atoms with Gasteiger partial charge in [0.2, 0.25) is 10.5 Å². The number of halogens is 1. The molecule has 0 aliphatic heterocycles. The molecule has 0 fully saturated rings. The van der Waals surface area contributed by atoms with Crippen molar-refractivity contribution in [3.05, 3.63) is 52.5 Å². The van der Waals surface area contributed by atoms with Crippen molar-refractivity contribution < 1.29 is 18.6 Å². The molecule has 9 heteroatoms. The highest BCUT2D eigenvalue weighted by molar-refractivity contribution is 7.71. The quantitative estimate of drug-likeness (QED) is 0.515. The van der Waals surface area contributed by atoms with Crippen molar-refractivity contribution in [2.24, 2.45) is 5.10 Å². The maximum absolute atomic E-state index is 13.8. The summed E-state index contributed by atoms with van der Waals surface area (Å²) in [6.07, 6.45) is 1.38. The summed E-state index contributed by atoms with van der Waals surface area (Å²) in [5, 5.41) is 11.2. The monoisotopic (exact) mass is 388 g/mol. The second-order valence-corrected chi connectivity index (χ2v) is 5.73. The zero-order chi connectivity index (χ0) is 19.4. The van der Waals surface area contributed by atoms with Gasteiger partial charge in [-0.1, -0.05) is 18.2 Å². The van der Waals surface area contributed by atoms with Gasteiger partial charge in [0.05, 0.1) is 27.5 Å². The van der Waals surface area contributed by atoms with E-state index in [2.05, 4.69) is 15.3 Å². The van der Waals surface area contributed by atoms with Crippen LogP contribution in [0.3, 0.4) is 0 Å². The number of aromatic amines is 1. The Balaban J connectivity index is 2.10. The molecule has 0 aliphatic rings. The van der Waals surface area contributed by atoms with Crippen molar-refractivity contribution in [3.63, 3.8) is 0 Å². The van der Waals surface area contributed by atoms with Gasteiger partial charge in [0.25, 0.3) is 0 Å². The summed E-state index contributed by atoms with van der Waals surface area (Å²) in [7, 11) is 4.57. The Morgan fingerprint density at radius 1 is 1.11 bits per heavy atom. The van der Waals surface area contributed by atoms with E-state index < -0.39 is 0 Å². The molecule has 0 aliphatic carbocycles. The van der Waals surface area contributed by atoms with Crippen LogP contribution in [0.1, 0.15) is 5.56 Å². The zero-order valence-electron chi connectivity index (χ0n) is 14.9. The second-order valence-electron chi connectivity index (χ2n) is 5.34. The second kappa shape index (κ2) is 8.00. The van der Waals surface area contributed by atoms with Gasteiger partial charge in [-0.15, -0.1) is 0 Å². The first-order chi connectivity index (χ1) is 13.1. The highest BCUT2D eigenvalue weighted by Crippen LogP contribution is 2.40. The van der Waals surface area contributed by atoms with Crippen molar-refractivity contribution in [1.82, 2.24) is 14.9 Å². The normalized spacial score (nSPS) is 11.0. The summed E-state index contributed by atoms with van der Waals surface area (Å²) in [5.74, 6) is 1.41. The van der Waals surface area contributed by atoms with Crippen LogP contribution in [0.5, 0.6) is 17.2 Å². The largest absolute Gasteiger partial charge is 0.493 e. The third-order valence-electron chi connectivity index (χ3n) is 3.79. The molecule has 0 atom stereocenters. The highest BCUT2D eigenvalue weighted by Gasteiger charge is 2.17. The average molecular weight is 388 g/mol. The Labute approximate surface area is 160 Å². The topological polar surface area (TPSA) is 73.7 Å². The lowest BCUT2D eigenvalue weighted by Gasteiger charge is -2.13. The number of ether oxygens (including phenoxy) is 3. The molecule has 140 valence electrons. The fraction of sp³-hybridized carbons (Fsp3) is 0.167. The smallest absolute Gasteiger partial charge is 0.216 e. The third kappa shape index (κ3) is 3.68. The van der Waals surface area contributed by atoms with Gasteiger partial charge in [-0.3, -0.25) is 0 Å². The molecule has 2 aromatic carbocycles. The molecule has 0 bridgehead atoms. The molecule has 0 radical (unpaired) electrons. The van der Waals surface area contributed by atoms with Crippen LogP contribution in [-0.4, -0.2) is 42.4 Å². The Kier molecular flexibility index (Phi) is 5.51. The summed E-state index contributed by atoms with van der Waals surface area (Å²) < 4.78 is 31.5. The minimum Gasteiger partial charge on any atom is -0.493 e. The van der Waals surface area contributed by atoms with Crippen LogP contribution in [0.15, 0.2) is 41.5 Å². The summed E-state index contributed by atoms with van der Waals surface area (Å²) in [6, 6.07) is 9.75. The van der Waals surface area contributed by atoms with Crippen LogP contribution in [0.4, 0.5) is 4.39 Å². The number of hydrogen-bond donors (Lipinski definition) is 1. The van der Waals surface area contributed by atoms with Gasteiger partial charge in [0.1, 0.15) is 5.82 Å². The van der Waals surface area contributed by atoms with Crippen molar-refractivity contribution >= 4 is 18.4 Å². The predicted molar refractivity (Wildman–Crippen MR) is 102 cm³/mol. The van der Waals surface area contributed by atoms with E-state index in [-0.39, 0.29) is 10.6 Å². The first-order valence-electron chi connectivity index (χ1n) is 7.85. The summed E-state index contributed by atoms with van der Waals surface area (Å²) in [5.41, 5.74) is 0.957. The average Bonchev–Trinajstić information content (AvgIpc) is 3.06. The lowest BCUT2D eigenvalue weighted by atomic mass is 10.1. The number of methoxy groups -OCH3 is 3. The number of hydrogen-bond acceptors (Lipinski definition) is 6. The highest BCUT2D eigenvalue weighted by atomic mass is 32.1. The van der Waals surface area contributed by atoms with E-state index in [0.29, 0.717) is 34.2 Å². The lowest BCUT2D eigenvalue weighted by Crippen LogP contribution is -1.99. The van der Waals surface area contributed by atoms with Crippen LogP contribution in [0.2, 0.25) is 0 Å². The molecule has 3 rings (SSSR count). The SMILES string of the molecule is COc1cc(-c2n[nH]c(=S)n2/N=C/c2ccccc2F)cc(OC)c1OC. The number of rotatable bonds is 6. The standard InChI is InChI=1S/C18H17FN4O3S/c1-24-14-8-12(9-15(25-2)16(14)26-3)17-21-22-18(27)23(17)20-10-11-6-4-5-7-13(11)19/h4-10H,1-3H3,(H,22,27)/b20-10+. The van der Waals surface area contributed by atoms with E-state index in [4.69, 9.17) is 26.4 Å². The number of nitrogens with zero attached hydrogens (tertiary/aromatic N) is 3. The molecule has 1 aromatic heterocycles. The van der Waals surface area contributed by atoms with Crippen LogP contribution in [0, 0.1) is 10.6 Å². The van der Waals surface area contributed by atoms with E-state index in [0.717, 1.165) is 0 Å². The van der Waals surface area contributed by atoms with Crippen molar-refractivity contribution in [2.75, 3.05) is 21.3 Å². The summed E-state index contributed by atoms with van der Waals surface area (Å²) in [6.45, 7) is 0. The number of benzene rings is 2. The predicted octanol–water partition coefficient (Wildman–Crippen LogP) is 3.65. The lowest BCUT2D eigenvalue weighted by molar-refractivity contribution is 0.324. The molecule has 0 spiro atoms. The van der Waals surface area contributed by atoms with E-state index in [9.17, 15) is 4.39 Å². The molecule has 0 unspecified atom stereocenters. The maximum Gasteiger partial charge on any atom is 0.216 e. The Morgan fingerprint density at radius 3 is 2.37 bits per heavy atom. The van der Waals surface area contributed by atoms with E-state index in [1.807, 2.05) is 0 Å².